The molecule has 23 heavy (non-hydrogen) atoms. The van der Waals surface area contributed by atoms with Crippen LogP contribution in [0.25, 0.3) is 0 Å². The van der Waals surface area contributed by atoms with Crippen LogP contribution in [0.5, 0.6) is 0 Å². The lowest BCUT2D eigenvalue weighted by atomic mass is 9.84. The van der Waals surface area contributed by atoms with E-state index < -0.39 is 0 Å². The fourth-order valence-electron chi connectivity index (χ4n) is 3.02. The van der Waals surface area contributed by atoms with Gasteiger partial charge in [0, 0.05) is 18.2 Å². The molecule has 1 aromatic heterocycles. The summed E-state index contributed by atoms with van der Waals surface area (Å²) >= 11 is 0. The molecule has 4 rings (SSSR count). The average Bonchev–Trinajstić information content (AvgIpc) is 2.99. The van der Waals surface area contributed by atoms with Gasteiger partial charge in [-0.15, -0.1) is 10.2 Å². The molecule has 1 atom stereocenters. The highest BCUT2D eigenvalue weighted by molar-refractivity contribution is 5.97. The summed E-state index contributed by atoms with van der Waals surface area (Å²) in [4.78, 5) is 17.1. The van der Waals surface area contributed by atoms with Crippen molar-refractivity contribution in [1.29, 1.82) is 0 Å². The number of hydrogen-bond acceptors (Lipinski definition) is 4. The molecule has 0 aromatic carbocycles. The van der Waals surface area contributed by atoms with E-state index in [0.717, 1.165) is 23.4 Å². The van der Waals surface area contributed by atoms with Gasteiger partial charge < -0.3 is 5.32 Å². The van der Waals surface area contributed by atoms with Gasteiger partial charge in [-0.25, -0.2) is 0 Å². The van der Waals surface area contributed by atoms with Crippen molar-refractivity contribution in [2.75, 3.05) is 0 Å². The zero-order valence-corrected chi connectivity index (χ0v) is 13.4. The van der Waals surface area contributed by atoms with Gasteiger partial charge in [-0.05, 0) is 34.8 Å². The molecule has 116 valence electrons. The van der Waals surface area contributed by atoms with Crippen molar-refractivity contribution in [1.82, 2.24) is 10.3 Å². The van der Waals surface area contributed by atoms with E-state index in [1.165, 1.54) is 11.1 Å². The molecule has 0 radical (unpaired) electrons. The number of nitrogens with one attached hydrogen (secondary N) is 1. The molecule has 1 saturated carbocycles. The van der Waals surface area contributed by atoms with Gasteiger partial charge in [0.1, 0.15) is 0 Å². The Hall–Kier alpha value is -2.56. The van der Waals surface area contributed by atoms with Gasteiger partial charge in [0.2, 0.25) is 0 Å². The summed E-state index contributed by atoms with van der Waals surface area (Å²) in [5.74, 6) is -0.192. The van der Waals surface area contributed by atoms with Gasteiger partial charge in [-0.2, -0.15) is 0 Å². The molecule has 2 heterocycles. The largest absolute Gasteiger partial charge is 0.342 e. The van der Waals surface area contributed by atoms with E-state index in [1.54, 1.807) is 6.20 Å². The zero-order chi connectivity index (χ0) is 16.2. The maximum atomic E-state index is 12.7. The predicted octanol–water partition coefficient (Wildman–Crippen LogP) is 3.60. The summed E-state index contributed by atoms with van der Waals surface area (Å²) in [5, 5.41) is 11.4. The molecular weight excluding hydrogens is 288 g/mol. The molecule has 1 fully saturated rings. The van der Waals surface area contributed by atoms with E-state index in [0.29, 0.717) is 5.70 Å². The second-order valence-corrected chi connectivity index (χ2v) is 7.16. The number of rotatable bonds is 3. The van der Waals surface area contributed by atoms with Gasteiger partial charge in [0.05, 0.1) is 17.4 Å². The van der Waals surface area contributed by atoms with Crippen LogP contribution < -0.4 is 5.32 Å². The Kier molecular flexibility index (Phi) is 2.88. The first-order valence-corrected chi connectivity index (χ1v) is 7.77. The van der Waals surface area contributed by atoms with Crippen LogP contribution in [-0.4, -0.2) is 10.9 Å². The number of hydrogen-bond donors (Lipinski definition) is 1. The maximum absolute atomic E-state index is 12.7. The Labute approximate surface area is 134 Å². The summed E-state index contributed by atoms with van der Waals surface area (Å²) < 4.78 is 0. The molecule has 0 unspecified atom stereocenters. The first-order valence-electron chi connectivity index (χ1n) is 7.77. The van der Waals surface area contributed by atoms with Crippen LogP contribution in [0.2, 0.25) is 0 Å². The summed E-state index contributed by atoms with van der Waals surface area (Å²) in [6, 6.07) is 5.54. The molecule has 1 aliphatic heterocycles. The van der Waals surface area contributed by atoms with Crippen molar-refractivity contribution in [3.05, 3.63) is 64.3 Å². The highest BCUT2D eigenvalue weighted by Crippen LogP contribution is 2.51. The van der Waals surface area contributed by atoms with E-state index in [1.807, 2.05) is 24.3 Å². The number of amides is 1. The minimum absolute atomic E-state index is 0.164. The minimum Gasteiger partial charge on any atom is -0.342 e. The Morgan fingerprint density at radius 2 is 2.09 bits per heavy atom. The number of fused-ring (bicyclic) bond motifs is 2. The van der Waals surface area contributed by atoms with Crippen molar-refractivity contribution in [2.24, 2.45) is 15.6 Å². The van der Waals surface area contributed by atoms with Crippen LogP contribution in [0.4, 0.5) is 0 Å². The van der Waals surface area contributed by atoms with Crippen LogP contribution in [-0.2, 0) is 4.79 Å². The SMILES string of the molecule is CC(C)(C)[C@@H](NC(=O)C1=C2C=C3CC3=C2N=N1)c1ccccn1. The lowest BCUT2D eigenvalue weighted by Crippen LogP contribution is -2.37. The number of carbonyl (C=O) groups excluding carboxylic acids is 1. The van der Waals surface area contributed by atoms with Crippen LogP contribution >= 0.6 is 0 Å². The van der Waals surface area contributed by atoms with Crippen LogP contribution in [0.1, 0.15) is 38.9 Å². The summed E-state index contributed by atoms with van der Waals surface area (Å²) in [5.41, 5.74) is 5.38. The van der Waals surface area contributed by atoms with E-state index in [4.69, 9.17) is 0 Å². The molecule has 1 N–H and O–H groups in total. The number of pyridine rings is 1. The normalized spacial score (nSPS) is 19.5. The third-order valence-corrected chi connectivity index (χ3v) is 4.33. The standard InChI is InChI=1S/C18H18N4O/c1-18(2,3)16(13-6-4-5-7-19-13)20-17(23)15-12-9-10-8-11(10)14(12)21-22-15/h4-7,9,16H,8H2,1-3H3,(H,20,23)/t16-/m0/s1. The Morgan fingerprint density at radius 3 is 2.78 bits per heavy atom. The molecule has 0 spiro atoms. The van der Waals surface area contributed by atoms with E-state index >= 15 is 0 Å². The Morgan fingerprint density at radius 1 is 1.26 bits per heavy atom. The average molecular weight is 306 g/mol. The monoisotopic (exact) mass is 306 g/mol. The Bertz CT molecular complexity index is 822. The summed E-state index contributed by atoms with van der Waals surface area (Å²) in [6.07, 6.45) is 4.77. The van der Waals surface area contributed by atoms with Crippen molar-refractivity contribution in [3.63, 3.8) is 0 Å². The van der Waals surface area contributed by atoms with Crippen molar-refractivity contribution in [2.45, 2.75) is 33.2 Å². The maximum Gasteiger partial charge on any atom is 0.273 e. The fourth-order valence-corrected chi connectivity index (χ4v) is 3.02. The predicted molar refractivity (Wildman–Crippen MR) is 86.2 cm³/mol. The highest BCUT2D eigenvalue weighted by Gasteiger charge is 2.39. The lowest BCUT2D eigenvalue weighted by Gasteiger charge is -2.31. The van der Waals surface area contributed by atoms with Gasteiger partial charge in [0.15, 0.2) is 5.70 Å². The second-order valence-electron chi connectivity index (χ2n) is 7.16. The topological polar surface area (TPSA) is 66.7 Å². The lowest BCUT2D eigenvalue weighted by molar-refractivity contribution is -0.119. The quantitative estimate of drug-likeness (QED) is 0.927. The summed E-state index contributed by atoms with van der Waals surface area (Å²) in [7, 11) is 0. The third kappa shape index (κ3) is 2.32. The van der Waals surface area contributed by atoms with Crippen LogP contribution in [0.3, 0.4) is 0 Å². The zero-order valence-electron chi connectivity index (χ0n) is 13.4. The van der Waals surface area contributed by atoms with E-state index in [2.05, 4.69) is 41.3 Å². The first kappa shape index (κ1) is 14.1. The van der Waals surface area contributed by atoms with Gasteiger partial charge >= 0.3 is 0 Å². The molecule has 0 saturated heterocycles. The molecule has 5 heteroatoms. The van der Waals surface area contributed by atoms with Crippen LogP contribution in [0.15, 0.2) is 68.8 Å². The first-order chi connectivity index (χ1) is 10.9. The Balaban J connectivity index is 1.63. The third-order valence-electron chi connectivity index (χ3n) is 4.33. The smallest absolute Gasteiger partial charge is 0.273 e. The number of nitrogens with zero attached hydrogens (tertiary/aromatic N) is 3. The molecule has 1 aromatic rings. The molecule has 2 aliphatic carbocycles. The van der Waals surface area contributed by atoms with Crippen molar-refractivity contribution < 1.29 is 4.79 Å². The van der Waals surface area contributed by atoms with Crippen LogP contribution in [0, 0.1) is 5.41 Å². The van der Waals surface area contributed by atoms with E-state index in [9.17, 15) is 4.79 Å². The minimum atomic E-state index is -0.195. The number of allylic oxidation sites excluding steroid dienone is 3. The van der Waals surface area contributed by atoms with Crippen molar-refractivity contribution >= 4 is 5.91 Å². The molecule has 3 aliphatic rings. The fraction of sp³-hybridized carbons (Fsp3) is 0.333. The molecule has 5 nitrogen and oxygen atoms in total. The molecule has 0 bridgehead atoms. The van der Waals surface area contributed by atoms with Crippen molar-refractivity contribution in [3.8, 4) is 0 Å². The molecular formula is C18H18N4O. The van der Waals surface area contributed by atoms with Gasteiger partial charge in [0.25, 0.3) is 5.91 Å². The summed E-state index contributed by atoms with van der Waals surface area (Å²) in [6.45, 7) is 6.25. The molecule has 1 amide bonds. The highest BCUT2D eigenvalue weighted by atomic mass is 16.2. The number of aromatic nitrogens is 1. The number of carbonyl (C=O) groups is 1. The second kappa shape index (κ2) is 4.72. The van der Waals surface area contributed by atoms with Gasteiger partial charge in [-0.3, -0.25) is 9.78 Å². The van der Waals surface area contributed by atoms with Gasteiger partial charge in [-0.1, -0.05) is 26.8 Å². The number of azo groups is 1. The van der Waals surface area contributed by atoms with E-state index in [-0.39, 0.29) is 17.4 Å².